The molecule has 7 heteroatoms. The van der Waals surface area contributed by atoms with Gasteiger partial charge in [-0.2, -0.15) is 0 Å². The van der Waals surface area contributed by atoms with Gasteiger partial charge in [0.15, 0.2) is 5.75 Å². The topological polar surface area (TPSA) is 64.3 Å². The van der Waals surface area contributed by atoms with Crippen LogP contribution in [0.1, 0.15) is 15.9 Å². The van der Waals surface area contributed by atoms with E-state index in [2.05, 4.69) is 15.9 Å². The summed E-state index contributed by atoms with van der Waals surface area (Å²) >= 11 is 15.5. The number of rotatable bonds is 4. The number of hydrogen-bond acceptors (Lipinski definition) is 3. The summed E-state index contributed by atoms with van der Waals surface area (Å²) in [4.78, 5) is 11.4. The van der Waals surface area contributed by atoms with E-state index < -0.39 is 5.91 Å². The summed E-state index contributed by atoms with van der Waals surface area (Å²) in [7, 11) is 0. The lowest BCUT2D eigenvalue weighted by atomic mass is 10.2. The van der Waals surface area contributed by atoms with Crippen molar-refractivity contribution in [2.75, 3.05) is 0 Å². The minimum absolute atomic E-state index is 0.248. The number of amides is 1. The number of nitrogens with one attached hydrogen (secondary N) is 1. The zero-order chi connectivity index (χ0) is 15.4. The molecule has 2 aromatic rings. The van der Waals surface area contributed by atoms with Crippen LogP contribution in [0.2, 0.25) is 10.0 Å². The number of carbonyl (C=O) groups excluding carboxylic acids is 1. The number of benzene rings is 2. The second kappa shape index (κ2) is 7.13. The first-order valence-electron chi connectivity index (χ1n) is 5.88. The zero-order valence-corrected chi connectivity index (χ0v) is 13.8. The summed E-state index contributed by atoms with van der Waals surface area (Å²) < 4.78 is 6.61. The van der Waals surface area contributed by atoms with Gasteiger partial charge in [0.25, 0.3) is 5.91 Å². The van der Waals surface area contributed by atoms with E-state index in [9.17, 15) is 4.79 Å². The molecular weight excluding hydrogens is 379 g/mol. The first-order valence-corrected chi connectivity index (χ1v) is 7.43. The van der Waals surface area contributed by atoms with Crippen molar-refractivity contribution in [2.24, 2.45) is 5.84 Å². The van der Waals surface area contributed by atoms with E-state index in [4.69, 9.17) is 33.8 Å². The van der Waals surface area contributed by atoms with Gasteiger partial charge < -0.3 is 4.74 Å². The number of nitrogen functional groups attached to an aromatic ring is 1. The first kappa shape index (κ1) is 16.1. The predicted octanol–water partition coefficient (Wildman–Crippen LogP) is 3.94. The maximum absolute atomic E-state index is 11.4. The molecule has 0 bridgehead atoms. The highest BCUT2D eigenvalue weighted by Crippen LogP contribution is 2.34. The molecule has 0 unspecified atom stereocenters. The molecular formula is C14H11BrCl2N2O2. The number of hydrazine groups is 1. The van der Waals surface area contributed by atoms with Crippen LogP contribution < -0.4 is 16.0 Å². The lowest BCUT2D eigenvalue weighted by molar-refractivity contribution is 0.0953. The molecule has 0 heterocycles. The van der Waals surface area contributed by atoms with Crippen molar-refractivity contribution in [2.45, 2.75) is 6.61 Å². The summed E-state index contributed by atoms with van der Waals surface area (Å²) in [5, 5.41) is 0.497. The highest BCUT2D eigenvalue weighted by Gasteiger charge is 2.13. The number of ether oxygens (including phenoxy) is 1. The van der Waals surface area contributed by atoms with Gasteiger partial charge in [-0.15, -0.1) is 0 Å². The monoisotopic (exact) mass is 388 g/mol. The third-order valence-electron chi connectivity index (χ3n) is 2.69. The molecule has 110 valence electrons. The van der Waals surface area contributed by atoms with Gasteiger partial charge in [-0.05, 0) is 29.8 Å². The average Bonchev–Trinajstić information content (AvgIpc) is 2.47. The van der Waals surface area contributed by atoms with Crippen LogP contribution in [-0.4, -0.2) is 5.91 Å². The minimum Gasteiger partial charge on any atom is -0.486 e. The molecule has 0 spiro atoms. The largest absolute Gasteiger partial charge is 0.486 e. The van der Waals surface area contributed by atoms with E-state index in [0.29, 0.717) is 12.4 Å². The van der Waals surface area contributed by atoms with Crippen LogP contribution in [0.5, 0.6) is 5.75 Å². The maximum Gasteiger partial charge on any atom is 0.265 e. The molecule has 0 saturated carbocycles. The van der Waals surface area contributed by atoms with E-state index in [0.717, 1.165) is 10.0 Å². The Kier molecular flexibility index (Phi) is 5.47. The first-order chi connectivity index (χ1) is 10.0. The van der Waals surface area contributed by atoms with E-state index in [1.165, 1.54) is 12.1 Å². The van der Waals surface area contributed by atoms with Crippen molar-refractivity contribution < 1.29 is 9.53 Å². The molecule has 2 aromatic carbocycles. The Morgan fingerprint density at radius 3 is 2.29 bits per heavy atom. The van der Waals surface area contributed by atoms with Gasteiger partial charge >= 0.3 is 0 Å². The van der Waals surface area contributed by atoms with Gasteiger partial charge in [0.05, 0.1) is 10.0 Å². The Balaban J connectivity index is 2.17. The Morgan fingerprint density at radius 1 is 1.19 bits per heavy atom. The van der Waals surface area contributed by atoms with Crippen LogP contribution in [0, 0.1) is 0 Å². The third kappa shape index (κ3) is 4.11. The summed E-state index contributed by atoms with van der Waals surface area (Å²) in [6.07, 6.45) is 0. The lowest BCUT2D eigenvalue weighted by Crippen LogP contribution is -2.29. The standard InChI is InChI=1S/C14H11BrCl2N2O2/c15-10-3-1-8(2-4-10)7-21-13-11(16)5-9(6-12(13)17)14(20)19-18/h1-6H,7,18H2,(H,19,20). The van der Waals surface area contributed by atoms with E-state index in [-0.39, 0.29) is 15.6 Å². The summed E-state index contributed by atoms with van der Waals surface area (Å²) in [5.74, 6) is 4.92. The molecule has 2 rings (SSSR count). The highest BCUT2D eigenvalue weighted by atomic mass is 79.9. The SMILES string of the molecule is NNC(=O)c1cc(Cl)c(OCc2ccc(Br)cc2)c(Cl)c1. The van der Waals surface area contributed by atoms with E-state index >= 15 is 0 Å². The molecule has 3 N–H and O–H groups in total. The molecule has 0 radical (unpaired) electrons. The fourth-order valence-electron chi connectivity index (χ4n) is 1.65. The summed E-state index contributed by atoms with van der Waals surface area (Å²) in [5.41, 5.74) is 3.25. The van der Waals surface area contributed by atoms with Gasteiger partial charge in [0.1, 0.15) is 6.61 Å². The van der Waals surface area contributed by atoms with Crippen molar-refractivity contribution in [1.29, 1.82) is 0 Å². The molecule has 0 aliphatic carbocycles. The molecule has 0 aromatic heterocycles. The van der Waals surface area contributed by atoms with Crippen LogP contribution in [0.25, 0.3) is 0 Å². The normalized spacial score (nSPS) is 10.3. The zero-order valence-electron chi connectivity index (χ0n) is 10.7. The Labute approximate surface area is 140 Å². The number of carbonyl (C=O) groups is 1. The summed E-state index contributed by atoms with van der Waals surface area (Å²) in [6, 6.07) is 10.6. The van der Waals surface area contributed by atoms with Gasteiger partial charge in [-0.1, -0.05) is 51.3 Å². The van der Waals surface area contributed by atoms with Crippen molar-refractivity contribution in [3.05, 3.63) is 62.0 Å². The molecule has 0 saturated heterocycles. The van der Waals surface area contributed by atoms with Gasteiger partial charge in [0, 0.05) is 10.0 Å². The quantitative estimate of drug-likeness (QED) is 0.473. The second-order valence-electron chi connectivity index (χ2n) is 4.16. The van der Waals surface area contributed by atoms with Crippen molar-refractivity contribution >= 4 is 45.0 Å². The fraction of sp³-hybridized carbons (Fsp3) is 0.0714. The van der Waals surface area contributed by atoms with Crippen LogP contribution in [0.15, 0.2) is 40.9 Å². The predicted molar refractivity (Wildman–Crippen MR) is 86.6 cm³/mol. The number of halogens is 3. The van der Waals surface area contributed by atoms with Gasteiger partial charge in [-0.3, -0.25) is 10.2 Å². The Bertz CT molecular complexity index is 640. The van der Waals surface area contributed by atoms with Crippen LogP contribution in [-0.2, 0) is 6.61 Å². The van der Waals surface area contributed by atoms with Gasteiger partial charge in [-0.25, -0.2) is 5.84 Å². The van der Waals surface area contributed by atoms with Crippen LogP contribution in [0.3, 0.4) is 0 Å². The summed E-state index contributed by atoms with van der Waals surface area (Å²) in [6.45, 7) is 0.315. The molecule has 0 atom stereocenters. The average molecular weight is 390 g/mol. The third-order valence-corrected chi connectivity index (χ3v) is 3.78. The maximum atomic E-state index is 11.4. The van der Waals surface area contributed by atoms with Crippen LogP contribution >= 0.6 is 39.1 Å². The van der Waals surface area contributed by atoms with Crippen LogP contribution in [0.4, 0.5) is 0 Å². The van der Waals surface area contributed by atoms with E-state index in [1.807, 2.05) is 29.7 Å². The van der Waals surface area contributed by atoms with E-state index in [1.54, 1.807) is 0 Å². The van der Waals surface area contributed by atoms with Crippen molar-refractivity contribution in [3.8, 4) is 5.75 Å². The second-order valence-corrected chi connectivity index (χ2v) is 5.89. The molecule has 4 nitrogen and oxygen atoms in total. The Morgan fingerprint density at radius 2 is 1.76 bits per heavy atom. The fourth-order valence-corrected chi connectivity index (χ4v) is 2.51. The smallest absolute Gasteiger partial charge is 0.265 e. The Hall–Kier alpha value is -1.27. The molecule has 0 aliphatic rings. The molecule has 21 heavy (non-hydrogen) atoms. The molecule has 1 amide bonds. The van der Waals surface area contributed by atoms with Crippen molar-refractivity contribution in [1.82, 2.24) is 5.43 Å². The highest BCUT2D eigenvalue weighted by molar-refractivity contribution is 9.10. The molecule has 0 aliphatic heterocycles. The minimum atomic E-state index is -0.474. The van der Waals surface area contributed by atoms with Crippen molar-refractivity contribution in [3.63, 3.8) is 0 Å². The molecule has 0 fully saturated rings. The lowest BCUT2D eigenvalue weighted by Gasteiger charge is -2.11. The number of hydrogen-bond donors (Lipinski definition) is 2. The van der Waals surface area contributed by atoms with Gasteiger partial charge in [0.2, 0.25) is 0 Å². The number of nitrogens with two attached hydrogens (primary N) is 1.